The van der Waals surface area contributed by atoms with Crippen LogP contribution in [0.25, 0.3) is 0 Å². The molecule has 5 heteroatoms. The van der Waals surface area contributed by atoms with E-state index in [1.807, 2.05) is 6.07 Å². The third kappa shape index (κ3) is 3.73. The first-order chi connectivity index (χ1) is 9.56. The number of carbonyl (C=O) groups is 2. The van der Waals surface area contributed by atoms with Gasteiger partial charge in [0.25, 0.3) is 0 Å². The number of amides is 1. The van der Waals surface area contributed by atoms with E-state index < -0.39 is 5.97 Å². The van der Waals surface area contributed by atoms with E-state index in [2.05, 4.69) is 30.0 Å². The Morgan fingerprint density at radius 2 is 1.85 bits per heavy atom. The summed E-state index contributed by atoms with van der Waals surface area (Å²) in [6.45, 7) is 4.97. The van der Waals surface area contributed by atoms with Crippen molar-refractivity contribution in [2.75, 3.05) is 31.1 Å². The number of hydrogen-bond acceptors (Lipinski definition) is 3. The van der Waals surface area contributed by atoms with Crippen molar-refractivity contribution in [3.05, 3.63) is 29.8 Å². The molecule has 1 aromatic rings. The van der Waals surface area contributed by atoms with Crippen LogP contribution < -0.4 is 4.90 Å². The number of benzene rings is 1. The largest absolute Gasteiger partial charge is 0.481 e. The third-order valence-corrected chi connectivity index (χ3v) is 3.55. The highest BCUT2D eigenvalue weighted by atomic mass is 16.4. The van der Waals surface area contributed by atoms with Crippen molar-refractivity contribution in [3.63, 3.8) is 0 Å². The molecule has 0 saturated carbocycles. The van der Waals surface area contributed by atoms with E-state index >= 15 is 0 Å². The fraction of sp³-hybridized carbons (Fsp3) is 0.467. The summed E-state index contributed by atoms with van der Waals surface area (Å²) in [6, 6.07) is 8.32. The Labute approximate surface area is 118 Å². The van der Waals surface area contributed by atoms with Gasteiger partial charge in [-0.2, -0.15) is 0 Å². The summed E-state index contributed by atoms with van der Waals surface area (Å²) < 4.78 is 0. The molecule has 0 atom stereocenters. The lowest BCUT2D eigenvalue weighted by atomic mass is 10.2. The van der Waals surface area contributed by atoms with E-state index in [-0.39, 0.29) is 18.7 Å². The average Bonchev–Trinajstić information content (AvgIpc) is 2.45. The number of piperazine rings is 1. The summed E-state index contributed by atoms with van der Waals surface area (Å²) in [5.74, 6) is -0.979. The minimum atomic E-state index is -0.920. The molecule has 108 valence electrons. The van der Waals surface area contributed by atoms with Gasteiger partial charge < -0.3 is 14.9 Å². The van der Waals surface area contributed by atoms with Gasteiger partial charge >= 0.3 is 5.97 Å². The van der Waals surface area contributed by atoms with Crippen LogP contribution in [0.5, 0.6) is 0 Å². The van der Waals surface area contributed by atoms with Crippen LogP contribution in [0.1, 0.15) is 18.4 Å². The van der Waals surface area contributed by atoms with Gasteiger partial charge in [-0.15, -0.1) is 0 Å². The predicted molar refractivity (Wildman–Crippen MR) is 76.8 cm³/mol. The molecule has 1 amide bonds. The van der Waals surface area contributed by atoms with Crippen molar-refractivity contribution in [3.8, 4) is 0 Å². The molecule has 0 aliphatic carbocycles. The zero-order valence-corrected chi connectivity index (χ0v) is 11.7. The molecule has 0 radical (unpaired) electrons. The molecule has 1 fully saturated rings. The SMILES string of the molecule is Cc1cccc(N2CCN(C(=O)CCC(=O)O)CC2)c1. The normalized spacial score (nSPS) is 15.2. The van der Waals surface area contributed by atoms with Gasteiger partial charge in [0, 0.05) is 38.3 Å². The number of hydrogen-bond donors (Lipinski definition) is 1. The monoisotopic (exact) mass is 276 g/mol. The fourth-order valence-corrected chi connectivity index (χ4v) is 2.41. The van der Waals surface area contributed by atoms with Crippen molar-refractivity contribution in [1.82, 2.24) is 4.90 Å². The Hall–Kier alpha value is -2.04. The molecule has 1 aromatic carbocycles. The van der Waals surface area contributed by atoms with Gasteiger partial charge in [0.05, 0.1) is 6.42 Å². The van der Waals surface area contributed by atoms with Crippen LogP contribution in [-0.2, 0) is 9.59 Å². The number of carbonyl (C=O) groups excluding carboxylic acids is 1. The molecule has 2 rings (SSSR count). The molecule has 0 aromatic heterocycles. The van der Waals surface area contributed by atoms with Crippen molar-refractivity contribution in [2.24, 2.45) is 0 Å². The number of anilines is 1. The highest BCUT2D eigenvalue weighted by Crippen LogP contribution is 2.18. The summed E-state index contributed by atoms with van der Waals surface area (Å²) in [4.78, 5) is 26.3. The summed E-state index contributed by atoms with van der Waals surface area (Å²) in [7, 11) is 0. The van der Waals surface area contributed by atoms with E-state index in [1.54, 1.807) is 4.90 Å². The molecule has 20 heavy (non-hydrogen) atoms. The first-order valence-corrected chi connectivity index (χ1v) is 6.87. The molecule has 0 unspecified atom stereocenters. The van der Waals surface area contributed by atoms with E-state index in [0.717, 1.165) is 13.1 Å². The molecule has 5 nitrogen and oxygen atoms in total. The second kappa shape index (κ2) is 6.41. The molecular formula is C15H20N2O3. The maximum absolute atomic E-state index is 11.8. The molecule has 1 heterocycles. The number of carboxylic acids is 1. The Kier molecular flexibility index (Phi) is 4.61. The van der Waals surface area contributed by atoms with Crippen LogP contribution in [0.3, 0.4) is 0 Å². The number of aliphatic carboxylic acids is 1. The van der Waals surface area contributed by atoms with Crippen molar-refractivity contribution in [1.29, 1.82) is 0 Å². The molecule has 0 bridgehead atoms. The Balaban J connectivity index is 1.86. The molecule has 1 aliphatic rings. The predicted octanol–water partition coefficient (Wildman–Crippen LogP) is 1.51. The number of nitrogens with zero attached hydrogens (tertiary/aromatic N) is 2. The van der Waals surface area contributed by atoms with Crippen LogP contribution in [0.15, 0.2) is 24.3 Å². The average molecular weight is 276 g/mol. The minimum Gasteiger partial charge on any atom is -0.481 e. The summed E-state index contributed by atoms with van der Waals surface area (Å²) in [5, 5.41) is 8.60. The summed E-state index contributed by atoms with van der Waals surface area (Å²) in [5.41, 5.74) is 2.41. The standard InChI is InChI=1S/C15H20N2O3/c1-12-3-2-4-13(11-12)16-7-9-17(10-8-16)14(18)5-6-15(19)20/h2-4,11H,5-10H2,1H3,(H,19,20). The van der Waals surface area contributed by atoms with Gasteiger partial charge in [-0.25, -0.2) is 0 Å². The van der Waals surface area contributed by atoms with E-state index in [4.69, 9.17) is 5.11 Å². The summed E-state index contributed by atoms with van der Waals surface area (Å²) in [6.07, 6.45) is 0.0106. The Bertz CT molecular complexity index is 494. The van der Waals surface area contributed by atoms with Gasteiger partial charge in [0.2, 0.25) is 5.91 Å². The van der Waals surface area contributed by atoms with E-state index in [0.29, 0.717) is 13.1 Å². The summed E-state index contributed by atoms with van der Waals surface area (Å²) >= 11 is 0. The number of rotatable bonds is 4. The maximum atomic E-state index is 11.8. The highest BCUT2D eigenvalue weighted by molar-refractivity contribution is 5.81. The lowest BCUT2D eigenvalue weighted by molar-refractivity contribution is -0.141. The molecule has 1 aliphatic heterocycles. The van der Waals surface area contributed by atoms with Gasteiger partial charge in [-0.1, -0.05) is 12.1 Å². The molecule has 1 N–H and O–H groups in total. The van der Waals surface area contributed by atoms with Crippen LogP contribution in [0.4, 0.5) is 5.69 Å². The van der Waals surface area contributed by atoms with Gasteiger partial charge in [0.1, 0.15) is 0 Å². The number of aryl methyl sites for hydroxylation is 1. The van der Waals surface area contributed by atoms with Crippen LogP contribution >= 0.6 is 0 Å². The van der Waals surface area contributed by atoms with E-state index in [9.17, 15) is 9.59 Å². The topological polar surface area (TPSA) is 60.9 Å². The second-order valence-corrected chi connectivity index (χ2v) is 5.10. The van der Waals surface area contributed by atoms with Crippen molar-refractivity contribution in [2.45, 2.75) is 19.8 Å². The van der Waals surface area contributed by atoms with Gasteiger partial charge in [0.15, 0.2) is 0 Å². The Morgan fingerprint density at radius 1 is 1.15 bits per heavy atom. The zero-order chi connectivity index (χ0) is 14.5. The third-order valence-electron chi connectivity index (χ3n) is 3.55. The first kappa shape index (κ1) is 14.4. The quantitative estimate of drug-likeness (QED) is 0.905. The van der Waals surface area contributed by atoms with Crippen LogP contribution in [0.2, 0.25) is 0 Å². The van der Waals surface area contributed by atoms with Crippen LogP contribution in [0, 0.1) is 6.92 Å². The lowest BCUT2D eigenvalue weighted by Gasteiger charge is -2.36. The van der Waals surface area contributed by atoms with Crippen molar-refractivity contribution >= 4 is 17.6 Å². The maximum Gasteiger partial charge on any atom is 0.303 e. The highest BCUT2D eigenvalue weighted by Gasteiger charge is 2.21. The lowest BCUT2D eigenvalue weighted by Crippen LogP contribution is -2.48. The minimum absolute atomic E-state index is 0.0590. The molecule has 0 spiro atoms. The first-order valence-electron chi connectivity index (χ1n) is 6.87. The smallest absolute Gasteiger partial charge is 0.303 e. The molecule has 1 saturated heterocycles. The molecular weight excluding hydrogens is 256 g/mol. The van der Waals surface area contributed by atoms with E-state index in [1.165, 1.54) is 11.3 Å². The zero-order valence-electron chi connectivity index (χ0n) is 11.7. The Morgan fingerprint density at radius 3 is 2.45 bits per heavy atom. The van der Waals surface area contributed by atoms with Crippen LogP contribution in [-0.4, -0.2) is 48.1 Å². The second-order valence-electron chi connectivity index (χ2n) is 5.10. The van der Waals surface area contributed by atoms with Gasteiger partial charge in [-0.3, -0.25) is 9.59 Å². The fourth-order valence-electron chi connectivity index (χ4n) is 2.41. The number of carboxylic acid groups (broad SMARTS) is 1. The van der Waals surface area contributed by atoms with Crippen molar-refractivity contribution < 1.29 is 14.7 Å². The van der Waals surface area contributed by atoms with Gasteiger partial charge in [-0.05, 0) is 24.6 Å².